The molecule has 0 radical (unpaired) electrons. The largest absolute Gasteiger partial charge is 0.371 e. The molecule has 1 heterocycles. The van der Waals surface area contributed by atoms with Crippen molar-refractivity contribution in [2.75, 3.05) is 23.3 Å². The first-order chi connectivity index (χ1) is 14.4. The molecule has 1 aliphatic carbocycles. The van der Waals surface area contributed by atoms with Gasteiger partial charge in [0.2, 0.25) is 15.9 Å². The highest BCUT2D eigenvalue weighted by Gasteiger charge is 2.34. The van der Waals surface area contributed by atoms with E-state index in [0.29, 0.717) is 37.5 Å². The number of carbonyl (C=O) groups excluding carboxylic acids is 1. The van der Waals surface area contributed by atoms with Crippen molar-refractivity contribution >= 4 is 27.3 Å². The van der Waals surface area contributed by atoms with Crippen LogP contribution in [0.1, 0.15) is 66.7 Å². The third-order valence-corrected chi connectivity index (χ3v) is 8.85. The lowest BCUT2D eigenvalue weighted by Gasteiger charge is -2.36. The van der Waals surface area contributed by atoms with Gasteiger partial charge in [-0.25, -0.2) is 13.1 Å². The second-order valence-corrected chi connectivity index (χ2v) is 13.1. The summed E-state index contributed by atoms with van der Waals surface area (Å²) in [5, 5.41) is 3.05. The quantitative estimate of drug-likeness (QED) is 0.699. The topological polar surface area (TPSA) is 78.5 Å². The van der Waals surface area contributed by atoms with Gasteiger partial charge in [0.25, 0.3) is 0 Å². The third kappa shape index (κ3) is 6.22. The van der Waals surface area contributed by atoms with Crippen LogP contribution in [0.15, 0.2) is 24.3 Å². The SMILES string of the molecule is C[C@@H]1C[C@H](C)CN(c2ccc(NC(=O)C3CCC(NS(=O)(=O)C(C)(C)C)CC3)cc2)C1. The Labute approximate surface area is 188 Å². The van der Waals surface area contributed by atoms with Gasteiger partial charge in [0, 0.05) is 36.4 Å². The van der Waals surface area contributed by atoms with E-state index < -0.39 is 14.8 Å². The van der Waals surface area contributed by atoms with Crippen molar-refractivity contribution in [1.29, 1.82) is 0 Å². The summed E-state index contributed by atoms with van der Waals surface area (Å²) in [5.74, 6) is 1.36. The number of sulfonamides is 1. The maximum atomic E-state index is 12.7. The molecule has 0 unspecified atom stereocenters. The Morgan fingerprint density at radius 2 is 1.52 bits per heavy atom. The average Bonchev–Trinajstić information content (AvgIpc) is 2.67. The Bertz CT molecular complexity index is 843. The van der Waals surface area contributed by atoms with Gasteiger partial charge >= 0.3 is 0 Å². The van der Waals surface area contributed by atoms with Gasteiger partial charge in [0.15, 0.2) is 0 Å². The fraction of sp³-hybridized carbons (Fsp3) is 0.708. The molecule has 0 spiro atoms. The first kappa shape index (κ1) is 24.1. The first-order valence-corrected chi connectivity index (χ1v) is 13.1. The van der Waals surface area contributed by atoms with E-state index in [4.69, 9.17) is 0 Å². The average molecular weight is 450 g/mol. The van der Waals surface area contributed by atoms with Gasteiger partial charge in [-0.3, -0.25) is 4.79 Å². The summed E-state index contributed by atoms with van der Waals surface area (Å²) in [6, 6.07) is 8.08. The van der Waals surface area contributed by atoms with Crippen LogP contribution in [0.4, 0.5) is 11.4 Å². The van der Waals surface area contributed by atoms with E-state index in [1.54, 1.807) is 20.8 Å². The summed E-state index contributed by atoms with van der Waals surface area (Å²) in [6.07, 6.45) is 4.06. The van der Waals surface area contributed by atoms with Crippen LogP contribution in [0.3, 0.4) is 0 Å². The van der Waals surface area contributed by atoms with Gasteiger partial charge in [-0.05, 0) is 89.0 Å². The smallest absolute Gasteiger partial charge is 0.227 e. The molecule has 1 aromatic rings. The molecule has 1 saturated carbocycles. The van der Waals surface area contributed by atoms with Crippen LogP contribution in [0.25, 0.3) is 0 Å². The zero-order chi connectivity index (χ0) is 22.8. The number of rotatable bonds is 5. The van der Waals surface area contributed by atoms with Crippen molar-refractivity contribution in [1.82, 2.24) is 4.72 Å². The number of benzene rings is 1. The zero-order valence-corrected chi connectivity index (χ0v) is 20.5. The summed E-state index contributed by atoms with van der Waals surface area (Å²) in [6.45, 7) is 11.9. The molecule has 2 aliphatic rings. The summed E-state index contributed by atoms with van der Waals surface area (Å²) in [7, 11) is -3.36. The summed E-state index contributed by atoms with van der Waals surface area (Å²) < 4.78 is 26.7. The number of hydrogen-bond acceptors (Lipinski definition) is 4. The van der Waals surface area contributed by atoms with Crippen LogP contribution in [0.5, 0.6) is 0 Å². The number of nitrogens with zero attached hydrogens (tertiary/aromatic N) is 1. The van der Waals surface area contributed by atoms with Crippen molar-refractivity contribution < 1.29 is 13.2 Å². The van der Waals surface area contributed by atoms with Gasteiger partial charge in [-0.2, -0.15) is 0 Å². The Balaban J connectivity index is 1.50. The van der Waals surface area contributed by atoms with Gasteiger partial charge in [-0.1, -0.05) is 13.8 Å². The van der Waals surface area contributed by atoms with Crippen LogP contribution in [0.2, 0.25) is 0 Å². The van der Waals surface area contributed by atoms with Crippen LogP contribution < -0.4 is 14.9 Å². The molecule has 2 N–H and O–H groups in total. The van der Waals surface area contributed by atoms with E-state index in [1.807, 2.05) is 12.1 Å². The van der Waals surface area contributed by atoms with Crippen molar-refractivity contribution in [3.8, 4) is 0 Å². The van der Waals surface area contributed by atoms with Crippen LogP contribution in [-0.4, -0.2) is 38.2 Å². The van der Waals surface area contributed by atoms with Crippen LogP contribution >= 0.6 is 0 Å². The normalized spacial score (nSPS) is 27.7. The van der Waals surface area contributed by atoms with E-state index in [-0.39, 0.29) is 17.9 Å². The van der Waals surface area contributed by atoms with Gasteiger partial charge in [0.05, 0.1) is 4.75 Å². The Morgan fingerprint density at radius 1 is 0.968 bits per heavy atom. The molecular formula is C24H39N3O3S. The molecule has 1 saturated heterocycles. The highest BCUT2D eigenvalue weighted by atomic mass is 32.2. The first-order valence-electron chi connectivity index (χ1n) is 11.6. The second kappa shape index (κ2) is 9.49. The van der Waals surface area contributed by atoms with E-state index >= 15 is 0 Å². The van der Waals surface area contributed by atoms with Crippen molar-refractivity contribution in [2.24, 2.45) is 17.8 Å². The van der Waals surface area contributed by atoms with E-state index in [9.17, 15) is 13.2 Å². The lowest BCUT2D eigenvalue weighted by atomic mass is 9.86. The predicted octanol–water partition coefficient (Wildman–Crippen LogP) is 4.38. The van der Waals surface area contributed by atoms with Crippen LogP contribution in [0, 0.1) is 17.8 Å². The van der Waals surface area contributed by atoms with E-state index in [2.05, 4.69) is 40.9 Å². The Morgan fingerprint density at radius 3 is 2.03 bits per heavy atom. The fourth-order valence-electron chi connectivity index (χ4n) is 4.74. The highest BCUT2D eigenvalue weighted by molar-refractivity contribution is 7.90. The van der Waals surface area contributed by atoms with Crippen molar-refractivity contribution in [3.63, 3.8) is 0 Å². The van der Waals surface area contributed by atoms with Crippen molar-refractivity contribution in [3.05, 3.63) is 24.3 Å². The van der Waals surface area contributed by atoms with Crippen molar-refractivity contribution in [2.45, 2.75) is 77.5 Å². The van der Waals surface area contributed by atoms with Gasteiger partial charge in [-0.15, -0.1) is 0 Å². The number of carbonyl (C=O) groups is 1. The van der Waals surface area contributed by atoms with Crippen LogP contribution in [-0.2, 0) is 14.8 Å². The minimum atomic E-state index is -3.36. The molecule has 2 atom stereocenters. The number of hydrogen-bond donors (Lipinski definition) is 2. The molecule has 0 bridgehead atoms. The minimum absolute atomic E-state index is 0.0325. The standard InChI is InChI=1S/C24H39N3O3S/c1-17-14-18(2)16-27(15-17)22-12-10-20(11-13-22)25-23(28)19-6-8-21(9-7-19)26-31(29,30)24(3,4)5/h10-13,17-19,21,26H,6-9,14-16H2,1-5H3,(H,25,28)/t17-,18+,19?,21?. The molecule has 7 heteroatoms. The molecule has 6 nitrogen and oxygen atoms in total. The lowest BCUT2D eigenvalue weighted by Crippen LogP contribution is -2.46. The maximum absolute atomic E-state index is 12.7. The third-order valence-electron chi connectivity index (χ3n) is 6.59. The number of anilines is 2. The molecule has 174 valence electrons. The zero-order valence-electron chi connectivity index (χ0n) is 19.6. The number of amides is 1. The summed E-state index contributed by atoms with van der Waals surface area (Å²) in [4.78, 5) is 15.2. The lowest BCUT2D eigenvalue weighted by molar-refractivity contribution is -0.120. The summed E-state index contributed by atoms with van der Waals surface area (Å²) >= 11 is 0. The second-order valence-electron chi connectivity index (χ2n) is 10.7. The molecule has 1 aliphatic heterocycles. The molecule has 31 heavy (non-hydrogen) atoms. The summed E-state index contributed by atoms with van der Waals surface area (Å²) in [5.41, 5.74) is 2.03. The molecule has 0 aromatic heterocycles. The Kier molecular flexibility index (Phi) is 7.36. The molecule has 1 amide bonds. The minimum Gasteiger partial charge on any atom is -0.371 e. The predicted molar refractivity (Wildman–Crippen MR) is 128 cm³/mol. The molecular weight excluding hydrogens is 410 g/mol. The molecule has 1 aromatic carbocycles. The monoisotopic (exact) mass is 449 g/mol. The molecule has 3 rings (SSSR count). The maximum Gasteiger partial charge on any atom is 0.227 e. The van der Waals surface area contributed by atoms with Gasteiger partial charge < -0.3 is 10.2 Å². The van der Waals surface area contributed by atoms with E-state index in [1.165, 1.54) is 12.1 Å². The highest BCUT2D eigenvalue weighted by Crippen LogP contribution is 2.29. The van der Waals surface area contributed by atoms with E-state index in [0.717, 1.165) is 18.8 Å². The van der Waals surface area contributed by atoms with Gasteiger partial charge in [0.1, 0.15) is 0 Å². The Hall–Kier alpha value is -1.60. The molecule has 2 fully saturated rings. The fourth-order valence-corrected chi connectivity index (χ4v) is 5.77. The number of piperidine rings is 1. The number of nitrogens with one attached hydrogen (secondary N) is 2.